The number of nitrogen functional groups attached to an aromatic ring is 1. The van der Waals surface area contributed by atoms with Crippen LogP contribution < -0.4 is 10.5 Å². The molecule has 0 aliphatic heterocycles. The summed E-state index contributed by atoms with van der Waals surface area (Å²) < 4.78 is 20.4. The van der Waals surface area contributed by atoms with Crippen LogP contribution in [0.15, 0.2) is 24.4 Å². The van der Waals surface area contributed by atoms with Crippen molar-refractivity contribution in [2.45, 2.75) is 20.4 Å². The van der Waals surface area contributed by atoms with Gasteiger partial charge in [-0.3, -0.25) is 4.68 Å². The molecular weight excluding hydrogens is 245 g/mol. The highest BCUT2D eigenvalue weighted by Gasteiger charge is 2.12. The van der Waals surface area contributed by atoms with Crippen LogP contribution in [-0.4, -0.2) is 16.9 Å². The zero-order chi connectivity index (χ0) is 14.0. The van der Waals surface area contributed by atoms with Crippen molar-refractivity contribution < 1.29 is 9.13 Å². The Bertz CT molecular complexity index is 578. The number of nitrogens with two attached hydrogens (primary N) is 1. The van der Waals surface area contributed by atoms with Gasteiger partial charge in [-0.15, -0.1) is 0 Å². The van der Waals surface area contributed by atoms with Crippen LogP contribution in [0.3, 0.4) is 0 Å². The molecule has 0 amide bonds. The molecule has 0 bridgehead atoms. The van der Waals surface area contributed by atoms with Gasteiger partial charge in [0, 0.05) is 18.3 Å². The Kier molecular flexibility index (Phi) is 3.74. The molecule has 0 atom stereocenters. The van der Waals surface area contributed by atoms with Gasteiger partial charge in [0.15, 0.2) is 11.6 Å². The third kappa shape index (κ3) is 2.86. The molecule has 5 heteroatoms. The lowest BCUT2D eigenvalue weighted by atomic mass is 10.1. The van der Waals surface area contributed by atoms with E-state index < -0.39 is 5.82 Å². The van der Waals surface area contributed by atoms with Crippen LogP contribution in [0.1, 0.15) is 13.8 Å². The molecule has 2 aromatic rings. The number of methoxy groups -OCH3 is 1. The Hall–Kier alpha value is -2.04. The van der Waals surface area contributed by atoms with Gasteiger partial charge in [-0.2, -0.15) is 5.10 Å². The van der Waals surface area contributed by atoms with Crippen molar-refractivity contribution in [1.29, 1.82) is 0 Å². The molecule has 0 saturated carbocycles. The summed E-state index contributed by atoms with van der Waals surface area (Å²) >= 11 is 0. The van der Waals surface area contributed by atoms with Gasteiger partial charge in [0.05, 0.1) is 12.8 Å². The van der Waals surface area contributed by atoms with Gasteiger partial charge in [0.1, 0.15) is 5.69 Å². The van der Waals surface area contributed by atoms with Gasteiger partial charge in [-0.25, -0.2) is 4.39 Å². The van der Waals surface area contributed by atoms with Crippen LogP contribution in [0.2, 0.25) is 0 Å². The molecule has 1 heterocycles. The molecule has 0 aliphatic rings. The summed E-state index contributed by atoms with van der Waals surface area (Å²) in [6.07, 6.45) is 1.78. The fourth-order valence-electron chi connectivity index (χ4n) is 1.94. The predicted octanol–water partition coefficient (Wildman–Crippen LogP) is 2.94. The van der Waals surface area contributed by atoms with E-state index in [9.17, 15) is 4.39 Å². The minimum absolute atomic E-state index is 0.212. The SMILES string of the molecule is COc1ccc(-c2nn(CC(C)C)cc2N)cc1F. The smallest absolute Gasteiger partial charge is 0.165 e. The first kappa shape index (κ1) is 13.4. The topological polar surface area (TPSA) is 53.1 Å². The van der Waals surface area contributed by atoms with Crippen molar-refractivity contribution in [3.63, 3.8) is 0 Å². The predicted molar refractivity (Wildman–Crippen MR) is 73.4 cm³/mol. The maximum Gasteiger partial charge on any atom is 0.165 e. The van der Waals surface area contributed by atoms with Gasteiger partial charge in [-0.1, -0.05) is 13.8 Å². The highest BCUT2D eigenvalue weighted by molar-refractivity contribution is 5.72. The second kappa shape index (κ2) is 5.30. The van der Waals surface area contributed by atoms with Crippen LogP contribution >= 0.6 is 0 Å². The van der Waals surface area contributed by atoms with Crippen molar-refractivity contribution in [2.24, 2.45) is 5.92 Å². The lowest BCUT2D eigenvalue weighted by Gasteiger charge is -2.05. The fraction of sp³-hybridized carbons (Fsp3) is 0.357. The summed E-state index contributed by atoms with van der Waals surface area (Å²) in [5, 5.41) is 4.40. The van der Waals surface area contributed by atoms with E-state index in [0.29, 0.717) is 22.9 Å². The number of nitrogens with zero attached hydrogens (tertiary/aromatic N) is 2. The van der Waals surface area contributed by atoms with Crippen LogP contribution in [0.4, 0.5) is 10.1 Å². The second-order valence-corrected chi connectivity index (χ2v) is 4.90. The number of halogens is 1. The van der Waals surface area contributed by atoms with Crippen molar-refractivity contribution in [3.05, 3.63) is 30.2 Å². The molecule has 102 valence electrons. The minimum Gasteiger partial charge on any atom is -0.494 e. The summed E-state index contributed by atoms with van der Waals surface area (Å²) in [5.74, 6) is 0.265. The molecule has 4 nitrogen and oxygen atoms in total. The highest BCUT2D eigenvalue weighted by Crippen LogP contribution is 2.28. The summed E-state index contributed by atoms with van der Waals surface area (Å²) in [5.41, 5.74) is 7.73. The molecule has 0 spiro atoms. The Balaban J connectivity index is 2.36. The van der Waals surface area contributed by atoms with Crippen molar-refractivity contribution in [3.8, 4) is 17.0 Å². The first-order valence-electron chi connectivity index (χ1n) is 6.18. The molecule has 0 radical (unpaired) electrons. The minimum atomic E-state index is -0.419. The van der Waals surface area contributed by atoms with Gasteiger partial charge >= 0.3 is 0 Å². The van der Waals surface area contributed by atoms with Crippen molar-refractivity contribution in [1.82, 2.24) is 9.78 Å². The fourth-order valence-corrected chi connectivity index (χ4v) is 1.94. The molecule has 0 unspecified atom stereocenters. The Morgan fingerprint density at radius 3 is 2.74 bits per heavy atom. The number of aromatic nitrogens is 2. The number of anilines is 1. The van der Waals surface area contributed by atoms with E-state index in [0.717, 1.165) is 6.54 Å². The molecule has 1 aromatic heterocycles. The van der Waals surface area contributed by atoms with Crippen molar-refractivity contribution in [2.75, 3.05) is 12.8 Å². The van der Waals surface area contributed by atoms with Crippen LogP contribution in [0, 0.1) is 11.7 Å². The third-order valence-corrected chi connectivity index (χ3v) is 2.77. The zero-order valence-electron chi connectivity index (χ0n) is 11.4. The largest absolute Gasteiger partial charge is 0.494 e. The van der Waals surface area contributed by atoms with Crippen LogP contribution in [0.5, 0.6) is 5.75 Å². The van der Waals surface area contributed by atoms with Gasteiger partial charge in [0.2, 0.25) is 0 Å². The number of benzene rings is 1. The third-order valence-electron chi connectivity index (χ3n) is 2.77. The Morgan fingerprint density at radius 1 is 1.42 bits per heavy atom. The molecular formula is C14H18FN3O. The Morgan fingerprint density at radius 2 is 2.16 bits per heavy atom. The van der Waals surface area contributed by atoms with E-state index in [-0.39, 0.29) is 5.75 Å². The number of ether oxygens (including phenoxy) is 1. The number of rotatable bonds is 4. The molecule has 19 heavy (non-hydrogen) atoms. The quantitative estimate of drug-likeness (QED) is 0.922. The molecule has 1 aromatic carbocycles. The normalized spacial score (nSPS) is 11.0. The lowest BCUT2D eigenvalue weighted by Crippen LogP contribution is -2.04. The van der Waals surface area contributed by atoms with E-state index in [1.807, 2.05) is 0 Å². The maximum atomic E-state index is 13.7. The average Bonchev–Trinajstić information content (AvgIpc) is 2.69. The lowest BCUT2D eigenvalue weighted by molar-refractivity contribution is 0.386. The summed E-state index contributed by atoms with van der Waals surface area (Å²) in [7, 11) is 1.43. The average molecular weight is 263 g/mol. The van der Waals surface area contributed by atoms with E-state index in [1.54, 1.807) is 23.0 Å². The number of hydrogen-bond donors (Lipinski definition) is 1. The second-order valence-electron chi connectivity index (χ2n) is 4.90. The first-order valence-corrected chi connectivity index (χ1v) is 6.18. The summed E-state index contributed by atoms with van der Waals surface area (Å²) in [6.45, 7) is 4.98. The summed E-state index contributed by atoms with van der Waals surface area (Å²) in [6, 6.07) is 4.71. The van der Waals surface area contributed by atoms with Crippen LogP contribution in [0.25, 0.3) is 11.3 Å². The summed E-state index contributed by atoms with van der Waals surface area (Å²) in [4.78, 5) is 0. The highest BCUT2D eigenvalue weighted by atomic mass is 19.1. The van der Waals surface area contributed by atoms with E-state index in [4.69, 9.17) is 10.5 Å². The van der Waals surface area contributed by atoms with E-state index >= 15 is 0 Å². The van der Waals surface area contributed by atoms with Gasteiger partial charge in [0.25, 0.3) is 0 Å². The maximum absolute atomic E-state index is 13.7. The van der Waals surface area contributed by atoms with Gasteiger partial charge in [-0.05, 0) is 24.1 Å². The van der Waals surface area contributed by atoms with Crippen LogP contribution in [-0.2, 0) is 6.54 Å². The molecule has 0 fully saturated rings. The number of hydrogen-bond acceptors (Lipinski definition) is 3. The molecule has 0 saturated heterocycles. The molecule has 0 aliphatic carbocycles. The molecule has 2 N–H and O–H groups in total. The van der Waals surface area contributed by atoms with E-state index in [2.05, 4.69) is 18.9 Å². The van der Waals surface area contributed by atoms with E-state index in [1.165, 1.54) is 13.2 Å². The molecule has 2 rings (SSSR count). The first-order chi connectivity index (χ1) is 9.01. The van der Waals surface area contributed by atoms with Crippen molar-refractivity contribution >= 4 is 5.69 Å². The zero-order valence-corrected chi connectivity index (χ0v) is 11.4. The monoisotopic (exact) mass is 263 g/mol. The Labute approximate surface area is 112 Å². The standard InChI is InChI=1S/C14H18FN3O/c1-9(2)7-18-8-12(16)14(17-18)10-4-5-13(19-3)11(15)6-10/h4-6,8-9H,7,16H2,1-3H3. The van der Waals surface area contributed by atoms with Gasteiger partial charge < -0.3 is 10.5 Å².